The van der Waals surface area contributed by atoms with Gasteiger partial charge in [0, 0.05) is 6.04 Å². The van der Waals surface area contributed by atoms with E-state index in [2.05, 4.69) is 15.0 Å². The molecular formula is C14H20N2O2. The topological polar surface area (TPSA) is 51.2 Å². The maximum absolute atomic E-state index is 11.4. The highest BCUT2D eigenvalue weighted by Gasteiger charge is 2.15. The molecule has 1 aromatic heterocycles. The van der Waals surface area contributed by atoms with E-state index in [1.165, 1.54) is 39.2 Å². The van der Waals surface area contributed by atoms with Crippen molar-refractivity contribution in [1.29, 1.82) is 0 Å². The molecule has 1 N–H and O–H groups in total. The fourth-order valence-electron chi connectivity index (χ4n) is 2.40. The highest BCUT2D eigenvalue weighted by atomic mass is 16.5. The molecule has 0 radical (unpaired) electrons. The van der Waals surface area contributed by atoms with Crippen molar-refractivity contribution < 1.29 is 9.53 Å². The van der Waals surface area contributed by atoms with Crippen molar-refractivity contribution >= 4 is 11.7 Å². The highest BCUT2D eigenvalue weighted by molar-refractivity contribution is 5.87. The first-order chi connectivity index (χ1) is 8.70. The highest BCUT2D eigenvalue weighted by Crippen LogP contribution is 2.23. The van der Waals surface area contributed by atoms with Crippen molar-refractivity contribution in [2.75, 3.05) is 12.4 Å². The molecule has 0 bridgehead atoms. The zero-order chi connectivity index (χ0) is 13.0. The first-order valence-corrected chi connectivity index (χ1v) is 6.53. The number of nitrogens with one attached hydrogen (secondary N) is 1. The zero-order valence-electron chi connectivity index (χ0n) is 11.0. The third kappa shape index (κ3) is 3.00. The van der Waals surface area contributed by atoms with Crippen molar-refractivity contribution in [3.05, 3.63) is 23.5 Å². The van der Waals surface area contributed by atoms with Gasteiger partial charge >= 0.3 is 5.97 Å². The number of pyridine rings is 1. The molecular weight excluding hydrogens is 228 g/mol. The molecule has 0 spiro atoms. The van der Waals surface area contributed by atoms with Crippen LogP contribution in [0.4, 0.5) is 5.69 Å². The second kappa shape index (κ2) is 5.85. The Hall–Kier alpha value is -1.58. The van der Waals surface area contributed by atoms with Crippen molar-refractivity contribution in [2.45, 2.75) is 45.1 Å². The van der Waals surface area contributed by atoms with E-state index in [1.54, 1.807) is 6.07 Å². The molecule has 1 aliphatic carbocycles. The average Bonchev–Trinajstić information content (AvgIpc) is 2.41. The first kappa shape index (κ1) is 12.9. The molecule has 4 nitrogen and oxygen atoms in total. The SMILES string of the molecule is COC(=O)c1ccc(NC2CCCCC2)c(C)n1. The summed E-state index contributed by atoms with van der Waals surface area (Å²) in [5.74, 6) is -0.387. The number of anilines is 1. The van der Waals surface area contributed by atoms with Crippen LogP contribution in [0.3, 0.4) is 0 Å². The van der Waals surface area contributed by atoms with E-state index in [0.29, 0.717) is 11.7 Å². The monoisotopic (exact) mass is 248 g/mol. The van der Waals surface area contributed by atoms with E-state index < -0.39 is 0 Å². The Balaban J connectivity index is 2.07. The van der Waals surface area contributed by atoms with Gasteiger partial charge in [-0.05, 0) is 31.9 Å². The Labute approximate surface area is 108 Å². The third-order valence-electron chi connectivity index (χ3n) is 3.45. The van der Waals surface area contributed by atoms with E-state index in [1.807, 2.05) is 13.0 Å². The van der Waals surface area contributed by atoms with E-state index in [-0.39, 0.29) is 5.97 Å². The number of esters is 1. The fraction of sp³-hybridized carbons (Fsp3) is 0.571. The van der Waals surface area contributed by atoms with Crippen molar-refractivity contribution in [3.8, 4) is 0 Å². The van der Waals surface area contributed by atoms with Gasteiger partial charge in [0.25, 0.3) is 0 Å². The summed E-state index contributed by atoms with van der Waals surface area (Å²) in [6.45, 7) is 1.91. The number of hydrogen-bond donors (Lipinski definition) is 1. The number of methoxy groups -OCH3 is 1. The maximum atomic E-state index is 11.4. The van der Waals surface area contributed by atoms with Gasteiger partial charge < -0.3 is 10.1 Å². The average molecular weight is 248 g/mol. The van der Waals surface area contributed by atoms with E-state index in [0.717, 1.165) is 11.4 Å². The molecule has 1 aliphatic rings. The van der Waals surface area contributed by atoms with Gasteiger partial charge in [0.2, 0.25) is 0 Å². The van der Waals surface area contributed by atoms with Gasteiger partial charge in [0.1, 0.15) is 5.69 Å². The molecule has 18 heavy (non-hydrogen) atoms. The summed E-state index contributed by atoms with van der Waals surface area (Å²) < 4.78 is 4.66. The first-order valence-electron chi connectivity index (χ1n) is 6.53. The number of carbonyl (C=O) groups excluding carboxylic acids is 1. The van der Waals surface area contributed by atoms with E-state index in [4.69, 9.17) is 0 Å². The Morgan fingerprint density at radius 2 is 2.06 bits per heavy atom. The Morgan fingerprint density at radius 3 is 2.67 bits per heavy atom. The number of carbonyl (C=O) groups is 1. The van der Waals surface area contributed by atoms with Crippen molar-refractivity contribution in [3.63, 3.8) is 0 Å². The molecule has 1 aromatic rings. The Morgan fingerprint density at radius 1 is 1.33 bits per heavy atom. The van der Waals surface area contributed by atoms with Crippen molar-refractivity contribution in [2.24, 2.45) is 0 Å². The maximum Gasteiger partial charge on any atom is 0.356 e. The zero-order valence-corrected chi connectivity index (χ0v) is 11.0. The van der Waals surface area contributed by atoms with Gasteiger partial charge in [-0.15, -0.1) is 0 Å². The standard InChI is InChI=1S/C14H20N2O2/c1-10-12(16-11-6-4-3-5-7-11)8-9-13(15-10)14(17)18-2/h8-9,11,16H,3-7H2,1-2H3. The summed E-state index contributed by atoms with van der Waals surface area (Å²) in [5, 5.41) is 3.52. The van der Waals surface area contributed by atoms with Crippen LogP contribution in [0.1, 0.15) is 48.3 Å². The lowest BCUT2D eigenvalue weighted by Crippen LogP contribution is -2.23. The molecule has 2 rings (SSSR count). The number of hydrogen-bond acceptors (Lipinski definition) is 4. The van der Waals surface area contributed by atoms with Gasteiger partial charge in [-0.1, -0.05) is 19.3 Å². The molecule has 98 valence electrons. The van der Waals surface area contributed by atoms with Crippen LogP contribution < -0.4 is 5.32 Å². The Kier molecular flexibility index (Phi) is 4.18. The summed E-state index contributed by atoms with van der Waals surface area (Å²) in [5.41, 5.74) is 2.24. The Bertz CT molecular complexity index is 426. The molecule has 0 atom stereocenters. The lowest BCUT2D eigenvalue weighted by Gasteiger charge is -2.24. The number of aryl methyl sites for hydroxylation is 1. The molecule has 0 saturated heterocycles. The molecule has 1 fully saturated rings. The summed E-state index contributed by atoms with van der Waals surface area (Å²) in [7, 11) is 1.37. The summed E-state index contributed by atoms with van der Waals surface area (Å²) >= 11 is 0. The lowest BCUT2D eigenvalue weighted by molar-refractivity contribution is 0.0594. The number of nitrogens with zero attached hydrogens (tertiary/aromatic N) is 1. The van der Waals surface area contributed by atoms with Crippen LogP contribution in [0.25, 0.3) is 0 Å². The number of aromatic nitrogens is 1. The van der Waals surface area contributed by atoms with Gasteiger partial charge in [-0.2, -0.15) is 0 Å². The molecule has 1 saturated carbocycles. The van der Waals surface area contributed by atoms with Gasteiger partial charge in [-0.25, -0.2) is 9.78 Å². The summed E-state index contributed by atoms with van der Waals surface area (Å²) in [6, 6.07) is 4.18. The van der Waals surface area contributed by atoms with E-state index >= 15 is 0 Å². The predicted molar refractivity (Wildman–Crippen MR) is 70.8 cm³/mol. The summed E-state index contributed by atoms with van der Waals surface area (Å²) in [6.07, 6.45) is 6.38. The minimum absolute atomic E-state index is 0.365. The second-order valence-corrected chi connectivity index (χ2v) is 4.80. The predicted octanol–water partition coefficient (Wildman–Crippen LogP) is 2.92. The number of rotatable bonds is 3. The normalized spacial score (nSPS) is 16.3. The van der Waals surface area contributed by atoms with Crippen LogP contribution in [0, 0.1) is 6.92 Å². The molecule has 4 heteroatoms. The molecule has 0 aliphatic heterocycles. The molecule has 0 aromatic carbocycles. The van der Waals surface area contributed by atoms with Crippen LogP contribution in [-0.4, -0.2) is 24.1 Å². The van der Waals surface area contributed by atoms with Crippen LogP contribution in [-0.2, 0) is 4.74 Å². The minimum atomic E-state index is -0.387. The van der Waals surface area contributed by atoms with Crippen LogP contribution in [0.2, 0.25) is 0 Å². The smallest absolute Gasteiger partial charge is 0.356 e. The molecule has 0 amide bonds. The van der Waals surface area contributed by atoms with Gasteiger partial charge in [-0.3, -0.25) is 0 Å². The fourth-order valence-corrected chi connectivity index (χ4v) is 2.40. The quantitative estimate of drug-likeness (QED) is 0.836. The third-order valence-corrected chi connectivity index (χ3v) is 3.45. The van der Waals surface area contributed by atoms with Crippen molar-refractivity contribution in [1.82, 2.24) is 4.98 Å². The van der Waals surface area contributed by atoms with Crippen LogP contribution >= 0.6 is 0 Å². The lowest BCUT2D eigenvalue weighted by atomic mass is 9.95. The second-order valence-electron chi connectivity index (χ2n) is 4.80. The largest absolute Gasteiger partial charge is 0.464 e. The van der Waals surface area contributed by atoms with Gasteiger partial charge in [0.15, 0.2) is 0 Å². The summed E-state index contributed by atoms with van der Waals surface area (Å²) in [4.78, 5) is 15.6. The van der Waals surface area contributed by atoms with Crippen LogP contribution in [0.5, 0.6) is 0 Å². The van der Waals surface area contributed by atoms with E-state index in [9.17, 15) is 4.79 Å². The number of ether oxygens (including phenoxy) is 1. The van der Waals surface area contributed by atoms with Gasteiger partial charge in [0.05, 0.1) is 18.5 Å². The van der Waals surface area contributed by atoms with Crippen LogP contribution in [0.15, 0.2) is 12.1 Å². The minimum Gasteiger partial charge on any atom is -0.464 e. The molecule has 1 heterocycles. The molecule has 0 unspecified atom stereocenters.